The minimum absolute atomic E-state index is 0.00645. The molecule has 0 unspecified atom stereocenters. The molecule has 1 aromatic carbocycles. The van der Waals surface area contributed by atoms with E-state index in [0.717, 1.165) is 11.6 Å². The van der Waals surface area contributed by atoms with E-state index in [2.05, 4.69) is 9.71 Å². The molecule has 0 bridgehead atoms. The normalized spacial score (nSPS) is 11.3. The number of carbonyl (C=O) groups is 1. The second-order valence-electron chi connectivity index (χ2n) is 5.61. The fourth-order valence-electron chi connectivity index (χ4n) is 2.24. The number of sulfonamides is 1. The zero-order chi connectivity index (χ0) is 18.4. The van der Waals surface area contributed by atoms with Gasteiger partial charge in [-0.15, -0.1) is 0 Å². The van der Waals surface area contributed by atoms with Gasteiger partial charge in [-0.2, -0.15) is 0 Å². The van der Waals surface area contributed by atoms with Crippen LogP contribution in [-0.2, 0) is 21.4 Å². The van der Waals surface area contributed by atoms with E-state index in [-0.39, 0.29) is 29.5 Å². The van der Waals surface area contributed by atoms with Gasteiger partial charge < -0.3 is 4.90 Å². The summed E-state index contributed by atoms with van der Waals surface area (Å²) in [6.45, 7) is 3.54. The van der Waals surface area contributed by atoms with Crippen LogP contribution in [0, 0.1) is 12.7 Å². The van der Waals surface area contributed by atoms with Gasteiger partial charge in [0.05, 0.1) is 4.90 Å². The number of nitrogens with zero attached hydrogens (tertiary/aromatic N) is 2. The van der Waals surface area contributed by atoms with Gasteiger partial charge in [0.15, 0.2) is 0 Å². The van der Waals surface area contributed by atoms with Crippen LogP contribution >= 0.6 is 0 Å². The number of pyridine rings is 1. The Morgan fingerprint density at radius 1 is 1.32 bits per heavy atom. The lowest BCUT2D eigenvalue weighted by molar-refractivity contribution is -0.129. The summed E-state index contributed by atoms with van der Waals surface area (Å²) < 4.78 is 40.2. The van der Waals surface area contributed by atoms with Crippen molar-refractivity contribution in [3.8, 4) is 0 Å². The molecule has 0 aliphatic heterocycles. The summed E-state index contributed by atoms with van der Waals surface area (Å²) >= 11 is 0. The summed E-state index contributed by atoms with van der Waals surface area (Å²) in [6.07, 6.45) is 3.29. The molecule has 0 aliphatic carbocycles. The molecule has 1 heterocycles. The fraction of sp³-hybridized carbons (Fsp3) is 0.294. The minimum Gasteiger partial charge on any atom is -0.337 e. The molecule has 2 rings (SSSR count). The lowest BCUT2D eigenvalue weighted by Gasteiger charge is -2.21. The van der Waals surface area contributed by atoms with Gasteiger partial charge in [-0.1, -0.05) is 6.07 Å². The summed E-state index contributed by atoms with van der Waals surface area (Å²) in [5.74, 6) is -0.626. The van der Waals surface area contributed by atoms with Gasteiger partial charge in [-0.05, 0) is 42.3 Å². The Kier molecular flexibility index (Phi) is 6.22. The first-order valence-corrected chi connectivity index (χ1v) is 9.18. The molecule has 2 aromatic rings. The van der Waals surface area contributed by atoms with Gasteiger partial charge in [-0.25, -0.2) is 17.5 Å². The second-order valence-corrected chi connectivity index (χ2v) is 7.38. The molecule has 1 N–H and O–H groups in total. The third kappa shape index (κ3) is 5.33. The van der Waals surface area contributed by atoms with E-state index >= 15 is 0 Å². The van der Waals surface area contributed by atoms with Crippen LogP contribution in [0.3, 0.4) is 0 Å². The van der Waals surface area contributed by atoms with Gasteiger partial charge in [0.2, 0.25) is 15.9 Å². The Morgan fingerprint density at radius 2 is 2.08 bits per heavy atom. The van der Waals surface area contributed by atoms with Crippen LogP contribution in [0.2, 0.25) is 0 Å². The van der Waals surface area contributed by atoms with E-state index in [0.29, 0.717) is 6.54 Å². The average Bonchev–Trinajstić information content (AvgIpc) is 2.57. The number of hydrogen-bond donors (Lipinski definition) is 1. The highest BCUT2D eigenvalue weighted by Crippen LogP contribution is 2.14. The highest BCUT2D eigenvalue weighted by Gasteiger charge is 2.16. The van der Waals surface area contributed by atoms with Gasteiger partial charge in [0.1, 0.15) is 5.82 Å². The third-order valence-electron chi connectivity index (χ3n) is 3.66. The van der Waals surface area contributed by atoms with Crippen molar-refractivity contribution in [3.05, 3.63) is 59.7 Å². The highest BCUT2D eigenvalue weighted by molar-refractivity contribution is 7.89. The van der Waals surface area contributed by atoms with Crippen molar-refractivity contribution in [2.75, 3.05) is 13.1 Å². The third-order valence-corrected chi connectivity index (χ3v) is 5.11. The smallest absolute Gasteiger partial charge is 0.240 e. The number of hydrogen-bond acceptors (Lipinski definition) is 4. The number of rotatable bonds is 7. The number of aryl methyl sites for hydroxylation is 1. The first-order chi connectivity index (χ1) is 11.8. The van der Waals surface area contributed by atoms with Crippen LogP contribution in [0.25, 0.3) is 0 Å². The van der Waals surface area contributed by atoms with Crippen molar-refractivity contribution in [3.63, 3.8) is 0 Å². The van der Waals surface area contributed by atoms with Crippen molar-refractivity contribution in [2.45, 2.75) is 25.3 Å². The SMILES string of the molecule is CC(=O)N(CCNS(=O)(=O)c1ccc(F)c(C)c1)Cc1cccnc1. The van der Waals surface area contributed by atoms with Gasteiger partial charge in [-0.3, -0.25) is 9.78 Å². The lowest BCUT2D eigenvalue weighted by atomic mass is 10.2. The van der Waals surface area contributed by atoms with Crippen LogP contribution in [0.5, 0.6) is 0 Å². The number of halogens is 1. The first-order valence-electron chi connectivity index (χ1n) is 7.70. The van der Waals surface area contributed by atoms with Crippen LogP contribution in [0.15, 0.2) is 47.6 Å². The Bertz CT molecular complexity index is 841. The largest absolute Gasteiger partial charge is 0.337 e. The van der Waals surface area contributed by atoms with Crippen LogP contribution in [0.1, 0.15) is 18.1 Å². The van der Waals surface area contributed by atoms with Crippen molar-refractivity contribution in [1.82, 2.24) is 14.6 Å². The summed E-state index contributed by atoms with van der Waals surface area (Å²) in [5.41, 5.74) is 1.11. The van der Waals surface area contributed by atoms with Crippen LogP contribution in [0.4, 0.5) is 4.39 Å². The summed E-state index contributed by atoms with van der Waals surface area (Å²) in [5, 5.41) is 0. The molecule has 0 radical (unpaired) electrons. The van der Waals surface area contributed by atoms with Crippen molar-refractivity contribution < 1.29 is 17.6 Å². The molecule has 1 aromatic heterocycles. The molecule has 0 spiro atoms. The molecular weight excluding hydrogens is 345 g/mol. The number of nitrogens with one attached hydrogen (secondary N) is 1. The molecule has 6 nitrogen and oxygen atoms in total. The van der Waals surface area contributed by atoms with E-state index < -0.39 is 15.8 Å². The van der Waals surface area contributed by atoms with E-state index in [1.807, 2.05) is 6.07 Å². The highest BCUT2D eigenvalue weighted by atomic mass is 32.2. The maximum absolute atomic E-state index is 13.3. The Balaban J connectivity index is 1.98. The number of benzene rings is 1. The maximum Gasteiger partial charge on any atom is 0.240 e. The van der Waals surface area contributed by atoms with Gasteiger partial charge in [0, 0.05) is 39.0 Å². The molecule has 8 heteroatoms. The van der Waals surface area contributed by atoms with Crippen LogP contribution < -0.4 is 4.72 Å². The van der Waals surface area contributed by atoms with Crippen LogP contribution in [-0.4, -0.2) is 37.3 Å². The van der Waals surface area contributed by atoms with E-state index in [1.54, 1.807) is 18.5 Å². The van der Waals surface area contributed by atoms with E-state index in [4.69, 9.17) is 0 Å². The molecule has 0 saturated carbocycles. The molecule has 0 atom stereocenters. The number of aromatic nitrogens is 1. The van der Waals surface area contributed by atoms with E-state index in [9.17, 15) is 17.6 Å². The number of amides is 1. The monoisotopic (exact) mass is 365 g/mol. The number of carbonyl (C=O) groups excluding carboxylic acids is 1. The zero-order valence-corrected chi connectivity index (χ0v) is 14.9. The quantitative estimate of drug-likeness (QED) is 0.812. The summed E-state index contributed by atoms with van der Waals surface area (Å²) in [4.78, 5) is 17.3. The van der Waals surface area contributed by atoms with E-state index in [1.165, 1.54) is 30.9 Å². The molecular formula is C17H20FN3O3S. The molecule has 134 valence electrons. The Hall–Kier alpha value is -2.32. The topological polar surface area (TPSA) is 79.4 Å². The maximum atomic E-state index is 13.3. The predicted molar refractivity (Wildman–Crippen MR) is 91.7 cm³/mol. The predicted octanol–water partition coefficient (Wildman–Crippen LogP) is 1.86. The lowest BCUT2D eigenvalue weighted by Crippen LogP contribution is -2.37. The Labute approximate surface area is 146 Å². The second kappa shape index (κ2) is 8.17. The molecule has 0 saturated heterocycles. The minimum atomic E-state index is -3.76. The molecule has 0 fully saturated rings. The Morgan fingerprint density at radius 3 is 2.68 bits per heavy atom. The van der Waals surface area contributed by atoms with Gasteiger partial charge in [0.25, 0.3) is 0 Å². The van der Waals surface area contributed by atoms with Crippen molar-refractivity contribution >= 4 is 15.9 Å². The standard InChI is InChI=1S/C17H20FN3O3S/c1-13-10-16(5-6-17(13)18)25(23,24)20-8-9-21(14(2)22)12-15-4-3-7-19-11-15/h3-7,10-11,20H,8-9,12H2,1-2H3. The molecule has 0 aliphatic rings. The summed E-state index contributed by atoms with van der Waals surface area (Å²) in [7, 11) is -3.76. The summed E-state index contributed by atoms with van der Waals surface area (Å²) in [6, 6.07) is 7.22. The fourth-order valence-corrected chi connectivity index (χ4v) is 3.35. The molecule has 1 amide bonds. The average molecular weight is 365 g/mol. The van der Waals surface area contributed by atoms with Crippen molar-refractivity contribution in [2.24, 2.45) is 0 Å². The van der Waals surface area contributed by atoms with Gasteiger partial charge >= 0.3 is 0 Å². The first kappa shape index (κ1) is 19.0. The van der Waals surface area contributed by atoms with Crippen molar-refractivity contribution in [1.29, 1.82) is 0 Å². The molecule has 25 heavy (non-hydrogen) atoms. The zero-order valence-electron chi connectivity index (χ0n) is 14.1.